The van der Waals surface area contributed by atoms with E-state index in [-0.39, 0.29) is 11.8 Å². The molecule has 3 rings (SSSR count). The molecule has 0 aliphatic heterocycles. The van der Waals surface area contributed by atoms with Gasteiger partial charge in [0.05, 0.1) is 5.69 Å². The van der Waals surface area contributed by atoms with Gasteiger partial charge in [-0.2, -0.15) is 5.10 Å². The molecule has 1 amide bonds. The summed E-state index contributed by atoms with van der Waals surface area (Å²) in [4.78, 5) is 17.1. The number of fused-ring (bicyclic) bond motifs is 1. The van der Waals surface area contributed by atoms with Crippen molar-refractivity contribution in [3.8, 4) is 0 Å². The highest BCUT2D eigenvalue weighted by Crippen LogP contribution is 2.18. The first-order chi connectivity index (χ1) is 10.7. The standard InChI is InChI=1S/C16H18N4OS/c1-12(13-5-3-2-4-6-13)9-15(21)17-8-7-14-10-22-16-18-11-19-20(14)16/h2-6,10-12H,7-9H2,1H3,(H,17,21). The lowest BCUT2D eigenvalue weighted by Gasteiger charge is -2.11. The van der Waals surface area contributed by atoms with E-state index < -0.39 is 0 Å². The number of benzene rings is 1. The average molecular weight is 314 g/mol. The van der Waals surface area contributed by atoms with Crippen LogP contribution < -0.4 is 5.32 Å². The van der Waals surface area contributed by atoms with E-state index in [1.165, 1.54) is 5.56 Å². The molecule has 0 aliphatic rings. The molecule has 0 saturated carbocycles. The Balaban J connectivity index is 1.47. The fraction of sp³-hybridized carbons (Fsp3) is 0.312. The second kappa shape index (κ2) is 6.70. The number of nitrogens with one attached hydrogen (secondary N) is 1. The van der Waals surface area contributed by atoms with Crippen molar-refractivity contribution in [3.05, 3.63) is 53.3 Å². The van der Waals surface area contributed by atoms with Gasteiger partial charge in [-0.05, 0) is 11.5 Å². The van der Waals surface area contributed by atoms with Gasteiger partial charge in [0.25, 0.3) is 0 Å². The molecule has 0 spiro atoms. The van der Waals surface area contributed by atoms with Gasteiger partial charge in [-0.1, -0.05) is 37.3 Å². The molecule has 2 heterocycles. The van der Waals surface area contributed by atoms with E-state index in [1.807, 2.05) is 28.1 Å². The third-order valence-corrected chi connectivity index (χ3v) is 4.53. The third-order valence-electron chi connectivity index (χ3n) is 3.65. The van der Waals surface area contributed by atoms with Gasteiger partial charge in [-0.25, -0.2) is 9.50 Å². The molecule has 1 unspecified atom stereocenters. The molecule has 1 atom stereocenters. The molecule has 114 valence electrons. The van der Waals surface area contributed by atoms with Crippen LogP contribution in [0, 0.1) is 0 Å². The maximum atomic E-state index is 12.0. The number of aromatic nitrogens is 3. The Morgan fingerprint density at radius 1 is 1.36 bits per heavy atom. The summed E-state index contributed by atoms with van der Waals surface area (Å²) >= 11 is 1.56. The lowest BCUT2D eigenvalue weighted by Crippen LogP contribution is -2.27. The first-order valence-electron chi connectivity index (χ1n) is 7.32. The molecule has 1 N–H and O–H groups in total. The fourth-order valence-corrected chi connectivity index (χ4v) is 3.25. The summed E-state index contributed by atoms with van der Waals surface area (Å²) in [6.45, 7) is 2.69. The first-order valence-corrected chi connectivity index (χ1v) is 8.20. The number of carbonyl (C=O) groups excluding carboxylic acids is 1. The Kier molecular flexibility index (Phi) is 4.48. The predicted octanol–water partition coefficient (Wildman–Crippen LogP) is 2.64. The fourth-order valence-electron chi connectivity index (χ4n) is 2.42. The van der Waals surface area contributed by atoms with Crippen LogP contribution in [0.1, 0.15) is 30.5 Å². The van der Waals surface area contributed by atoms with Crippen LogP contribution in [-0.2, 0) is 11.2 Å². The molecule has 1 aromatic carbocycles. The van der Waals surface area contributed by atoms with E-state index in [0.29, 0.717) is 13.0 Å². The topological polar surface area (TPSA) is 59.3 Å². The van der Waals surface area contributed by atoms with Crippen LogP contribution in [0.5, 0.6) is 0 Å². The van der Waals surface area contributed by atoms with Gasteiger partial charge in [0, 0.05) is 24.8 Å². The zero-order valence-electron chi connectivity index (χ0n) is 12.4. The van der Waals surface area contributed by atoms with Crippen LogP contribution in [0.3, 0.4) is 0 Å². The molecule has 0 aliphatic carbocycles. The molecule has 0 radical (unpaired) electrons. The predicted molar refractivity (Wildman–Crippen MR) is 87.1 cm³/mol. The van der Waals surface area contributed by atoms with E-state index >= 15 is 0 Å². The van der Waals surface area contributed by atoms with Crippen molar-refractivity contribution in [1.29, 1.82) is 0 Å². The molecular formula is C16H18N4OS. The number of hydrogen-bond acceptors (Lipinski definition) is 4. The number of amides is 1. The molecule has 0 bridgehead atoms. The van der Waals surface area contributed by atoms with E-state index in [1.54, 1.807) is 17.7 Å². The van der Waals surface area contributed by atoms with Gasteiger partial charge < -0.3 is 5.32 Å². The summed E-state index contributed by atoms with van der Waals surface area (Å²) in [6.07, 6.45) is 2.82. The molecule has 5 nitrogen and oxygen atoms in total. The highest BCUT2D eigenvalue weighted by Gasteiger charge is 2.11. The number of hydrogen-bond donors (Lipinski definition) is 1. The number of nitrogens with zero attached hydrogens (tertiary/aromatic N) is 3. The first kappa shape index (κ1) is 14.7. The summed E-state index contributed by atoms with van der Waals surface area (Å²) in [7, 11) is 0. The van der Waals surface area contributed by atoms with E-state index in [4.69, 9.17) is 0 Å². The van der Waals surface area contributed by atoms with Crippen LogP contribution in [0.2, 0.25) is 0 Å². The third kappa shape index (κ3) is 3.33. The van der Waals surface area contributed by atoms with Gasteiger partial charge >= 0.3 is 0 Å². The highest BCUT2D eigenvalue weighted by molar-refractivity contribution is 7.15. The van der Waals surface area contributed by atoms with Gasteiger partial charge in [-0.3, -0.25) is 4.79 Å². The quantitative estimate of drug-likeness (QED) is 0.761. The lowest BCUT2D eigenvalue weighted by atomic mass is 9.97. The molecule has 22 heavy (non-hydrogen) atoms. The van der Waals surface area contributed by atoms with Crippen LogP contribution in [-0.4, -0.2) is 27.0 Å². The van der Waals surface area contributed by atoms with Crippen molar-refractivity contribution >= 4 is 22.2 Å². The van der Waals surface area contributed by atoms with E-state index in [9.17, 15) is 4.79 Å². The minimum atomic E-state index is 0.0846. The molecular weight excluding hydrogens is 296 g/mol. The largest absolute Gasteiger partial charge is 0.356 e. The van der Waals surface area contributed by atoms with Gasteiger partial charge in [0.1, 0.15) is 6.33 Å². The van der Waals surface area contributed by atoms with Crippen LogP contribution in [0.15, 0.2) is 42.0 Å². The molecule has 0 saturated heterocycles. The van der Waals surface area contributed by atoms with Crippen molar-refractivity contribution in [2.24, 2.45) is 0 Å². The molecule has 3 aromatic rings. The Labute approximate surface area is 133 Å². The monoisotopic (exact) mass is 314 g/mol. The van der Waals surface area contributed by atoms with Gasteiger partial charge in [0.15, 0.2) is 0 Å². The van der Waals surface area contributed by atoms with Gasteiger partial charge in [-0.15, -0.1) is 11.3 Å². The zero-order valence-corrected chi connectivity index (χ0v) is 13.2. The summed E-state index contributed by atoms with van der Waals surface area (Å²) in [5, 5.41) is 9.19. The summed E-state index contributed by atoms with van der Waals surface area (Å²) < 4.78 is 1.82. The summed E-state index contributed by atoms with van der Waals surface area (Å²) in [6, 6.07) is 10.1. The van der Waals surface area contributed by atoms with Crippen molar-refractivity contribution in [1.82, 2.24) is 19.9 Å². The number of carbonyl (C=O) groups is 1. The molecule has 6 heteroatoms. The van der Waals surface area contributed by atoms with Crippen molar-refractivity contribution in [3.63, 3.8) is 0 Å². The Morgan fingerprint density at radius 2 is 2.18 bits per heavy atom. The highest BCUT2D eigenvalue weighted by atomic mass is 32.1. The smallest absolute Gasteiger partial charge is 0.220 e. The van der Waals surface area contributed by atoms with Gasteiger partial charge in [0.2, 0.25) is 10.9 Å². The summed E-state index contributed by atoms with van der Waals surface area (Å²) in [5.74, 6) is 0.311. The van der Waals surface area contributed by atoms with Crippen LogP contribution in [0.25, 0.3) is 4.96 Å². The summed E-state index contributed by atoms with van der Waals surface area (Å²) in [5.41, 5.74) is 2.27. The Bertz CT molecular complexity index is 750. The number of rotatable bonds is 6. The molecule has 0 fully saturated rings. The maximum Gasteiger partial charge on any atom is 0.220 e. The van der Waals surface area contributed by atoms with Crippen molar-refractivity contribution in [2.45, 2.75) is 25.7 Å². The number of thiazole rings is 1. The zero-order chi connectivity index (χ0) is 15.4. The SMILES string of the molecule is CC(CC(=O)NCCc1csc2ncnn12)c1ccccc1. The van der Waals surface area contributed by atoms with Crippen LogP contribution >= 0.6 is 11.3 Å². The van der Waals surface area contributed by atoms with E-state index in [0.717, 1.165) is 17.1 Å². The Hall–Kier alpha value is -2.21. The minimum Gasteiger partial charge on any atom is -0.356 e. The lowest BCUT2D eigenvalue weighted by molar-refractivity contribution is -0.121. The van der Waals surface area contributed by atoms with Crippen molar-refractivity contribution in [2.75, 3.05) is 6.54 Å². The van der Waals surface area contributed by atoms with Crippen LogP contribution in [0.4, 0.5) is 0 Å². The second-order valence-electron chi connectivity index (χ2n) is 5.30. The maximum absolute atomic E-state index is 12.0. The molecule has 2 aromatic heterocycles. The second-order valence-corrected chi connectivity index (χ2v) is 6.13. The minimum absolute atomic E-state index is 0.0846. The van der Waals surface area contributed by atoms with Crippen molar-refractivity contribution < 1.29 is 4.79 Å². The average Bonchev–Trinajstić information content (AvgIpc) is 3.13. The van der Waals surface area contributed by atoms with E-state index in [2.05, 4.69) is 34.5 Å². The Morgan fingerprint density at radius 3 is 3.00 bits per heavy atom. The normalized spacial score (nSPS) is 12.4.